The van der Waals surface area contributed by atoms with Crippen LogP contribution >= 0.6 is 35.2 Å². The van der Waals surface area contributed by atoms with Gasteiger partial charge in [-0.15, -0.1) is 11.3 Å². The van der Waals surface area contributed by atoms with E-state index in [-0.39, 0.29) is 10.7 Å². The zero-order valence-corrected chi connectivity index (χ0v) is 19.4. The fraction of sp³-hybridized carbons (Fsp3) is 0.0455. The second kappa shape index (κ2) is 9.53. The maximum atomic E-state index is 14.2. The van der Waals surface area contributed by atoms with Crippen molar-refractivity contribution in [3.05, 3.63) is 76.3 Å². The summed E-state index contributed by atoms with van der Waals surface area (Å²) in [5.74, 6) is -10.3. The van der Waals surface area contributed by atoms with E-state index in [1.807, 2.05) is 29.6 Å². The molecule has 2 N–H and O–H groups in total. The third-order valence-electron chi connectivity index (χ3n) is 4.64. The van der Waals surface area contributed by atoms with Gasteiger partial charge in [-0.2, -0.15) is 8.78 Å². The van der Waals surface area contributed by atoms with Gasteiger partial charge < -0.3 is 10.1 Å². The smallest absolute Gasteiger partial charge is 0.263 e. The van der Waals surface area contributed by atoms with E-state index in [4.69, 9.17) is 23.8 Å². The highest BCUT2D eigenvalue weighted by atomic mass is 35.5. The molecule has 3 aromatic carbocycles. The SMILES string of the molecule is COc1c(F)c(F)c(C(=O)NC(=S)Nc2cc(-c3nc4ccccc4s3)ccc2Cl)c(F)c1F. The lowest BCUT2D eigenvalue weighted by molar-refractivity contribution is 0.0966. The average molecular weight is 526 g/mol. The standard InChI is InChI=1S/C22H12ClF4N3O2S2/c1-32-19-17(26)15(24)14(16(25)18(19)27)20(31)30-22(33)29-12-8-9(6-7-10(12)23)21-28-11-4-2-3-5-13(11)34-21/h2-8H,1H3,(H2,29,30,31,33). The Morgan fingerprint density at radius 3 is 2.38 bits per heavy atom. The van der Waals surface area contributed by atoms with Gasteiger partial charge in [-0.3, -0.25) is 10.1 Å². The topological polar surface area (TPSA) is 63.2 Å². The quantitative estimate of drug-likeness (QED) is 0.186. The Bertz CT molecular complexity index is 1400. The summed E-state index contributed by atoms with van der Waals surface area (Å²) in [4.78, 5) is 16.9. The minimum absolute atomic E-state index is 0.223. The molecule has 0 atom stereocenters. The van der Waals surface area contributed by atoms with Gasteiger partial charge in [-0.25, -0.2) is 13.8 Å². The number of amides is 1. The average Bonchev–Trinajstić information content (AvgIpc) is 3.24. The number of hydrogen-bond acceptors (Lipinski definition) is 5. The Kier molecular flexibility index (Phi) is 6.69. The molecule has 0 radical (unpaired) electrons. The van der Waals surface area contributed by atoms with E-state index in [1.54, 1.807) is 18.2 Å². The number of carbonyl (C=O) groups excluding carboxylic acids is 1. The number of benzene rings is 3. The minimum Gasteiger partial charge on any atom is -0.491 e. The van der Waals surface area contributed by atoms with Crippen LogP contribution in [0.5, 0.6) is 5.75 Å². The molecule has 0 spiro atoms. The number of aromatic nitrogens is 1. The highest BCUT2D eigenvalue weighted by molar-refractivity contribution is 7.80. The first-order chi connectivity index (χ1) is 16.2. The van der Waals surface area contributed by atoms with Crippen LogP contribution in [0, 0.1) is 23.3 Å². The van der Waals surface area contributed by atoms with Gasteiger partial charge in [0.15, 0.2) is 22.5 Å². The number of halogens is 5. The molecule has 1 heterocycles. The van der Waals surface area contributed by atoms with Crippen LogP contribution in [0.1, 0.15) is 10.4 Å². The van der Waals surface area contributed by atoms with Crippen molar-refractivity contribution in [2.45, 2.75) is 0 Å². The number of nitrogens with one attached hydrogen (secondary N) is 2. The lowest BCUT2D eigenvalue weighted by atomic mass is 10.1. The van der Waals surface area contributed by atoms with Gasteiger partial charge in [-0.1, -0.05) is 29.8 Å². The van der Waals surface area contributed by atoms with Crippen LogP contribution in [-0.4, -0.2) is 23.1 Å². The van der Waals surface area contributed by atoms with Gasteiger partial charge in [0, 0.05) is 5.56 Å². The molecule has 0 unspecified atom stereocenters. The number of nitrogens with zero attached hydrogens (tertiary/aromatic N) is 1. The largest absolute Gasteiger partial charge is 0.491 e. The Balaban J connectivity index is 1.57. The highest BCUT2D eigenvalue weighted by Gasteiger charge is 2.30. The molecule has 0 aliphatic rings. The molecule has 5 nitrogen and oxygen atoms in total. The van der Waals surface area contributed by atoms with E-state index in [1.165, 1.54) is 11.3 Å². The summed E-state index contributed by atoms with van der Waals surface area (Å²) in [6, 6.07) is 12.5. The van der Waals surface area contributed by atoms with Crippen molar-refractivity contribution in [3.63, 3.8) is 0 Å². The summed E-state index contributed by atoms with van der Waals surface area (Å²) in [5.41, 5.74) is 0.280. The number of anilines is 1. The zero-order valence-electron chi connectivity index (χ0n) is 17.0. The second-order valence-electron chi connectivity index (χ2n) is 6.75. The molecule has 4 rings (SSSR count). The molecule has 0 aliphatic heterocycles. The Hall–Kier alpha value is -3.28. The fourth-order valence-corrected chi connectivity index (χ4v) is 4.39. The van der Waals surface area contributed by atoms with E-state index < -0.39 is 45.6 Å². The third-order valence-corrected chi connectivity index (χ3v) is 6.26. The third kappa shape index (κ3) is 4.41. The Morgan fingerprint density at radius 2 is 1.74 bits per heavy atom. The van der Waals surface area contributed by atoms with Crippen LogP contribution in [0.15, 0.2) is 42.5 Å². The molecule has 0 bridgehead atoms. The summed E-state index contributed by atoms with van der Waals surface area (Å²) < 4.78 is 61.5. The van der Waals surface area contributed by atoms with E-state index in [0.717, 1.165) is 17.3 Å². The van der Waals surface area contributed by atoms with Gasteiger partial charge in [-0.05, 0) is 36.5 Å². The molecule has 0 fully saturated rings. The van der Waals surface area contributed by atoms with Crippen molar-refractivity contribution in [2.75, 3.05) is 12.4 Å². The lowest BCUT2D eigenvalue weighted by Gasteiger charge is -2.14. The van der Waals surface area contributed by atoms with Crippen LogP contribution in [-0.2, 0) is 0 Å². The number of hydrogen-bond donors (Lipinski definition) is 2. The molecule has 0 saturated carbocycles. The molecule has 0 saturated heterocycles. The van der Waals surface area contributed by atoms with Crippen molar-refractivity contribution >= 4 is 62.1 Å². The summed E-state index contributed by atoms with van der Waals surface area (Å²) >= 11 is 12.7. The minimum atomic E-state index is -1.92. The molecule has 34 heavy (non-hydrogen) atoms. The zero-order chi connectivity index (χ0) is 24.6. The van der Waals surface area contributed by atoms with Gasteiger partial charge in [0.2, 0.25) is 11.6 Å². The molecule has 1 aromatic heterocycles. The Labute approximate surface area is 204 Å². The van der Waals surface area contributed by atoms with E-state index >= 15 is 0 Å². The van der Waals surface area contributed by atoms with Crippen LogP contribution in [0.25, 0.3) is 20.8 Å². The number of methoxy groups -OCH3 is 1. The fourth-order valence-electron chi connectivity index (χ4n) is 3.06. The van der Waals surface area contributed by atoms with Crippen molar-refractivity contribution < 1.29 is 27.1 Å². The molecule has 4 aromatic rings. The number of rotatable bonds is 4. The van der Waals surface area contributed by atoms with Crippen molar-refractivity contribution in [1.82, 2.24) is 10.3 Å². The summed E-state index contributed by atoms with van der Waals surface area (Å²) in [6.07, 6.45) is 0. The van der Waals surface area contributed by atoms with Gasteiger partial charge in [0.25, 0.3) is 5.91 Å². The summed E-state index contributed by atoms with van der Waals surface area (Å²) in [5, 5.41) is 5.12. The highest BCUT2D eigenvalue weighted by Crippen LogP contribution is 2.34. The number of para-hydroxylation sites is 1. The first-order valence-electron chi connectivity index (χ1n) is 9.39. The van der Waals surface area contributed by atoms with Gasteiger partial charge in [0.05, 0.1) is 28.0 Å². The summed E-state index contributed by atoms with van der Waals surface area (Å²) in [6.45, 7) is 0. The molecule has 0 aliphatic carbocycles. The molecular weight excluding hydrogens is 514 g/mol. The first kappa shape index (κ1) is 23.9. The van der Waals surface area contributed by atoms with Crippen molar-refractivity contribution in [2.24, 2.45) is 0 Å². The van der Waals surface area contributed by atoms with Gasteiger partial charge >= 0.3 is 0 Å². The molecule has 1 amide bonds. The normalized spacial score (nSPS) is 10.9. The van der Waals surface area contributed by atoms with E-state index in [2.05, 4.69) is 15.0 Å². The second-order valence-corrected chi connectivity index (χ2v) is 8.60. The maximum absolute atomic E-state index is 14.2. The number of ether oxygens (including phenoxy) is 1. The van der Waals surface area contributed by atoms with Crippen molar-refractivity contribution in [1.29, 1.82) is 0 Å². The van der Waals surface area contributed by atoms with Crippen LogP contribution in [0.4, 0.5) is 23.2 Å². The number of carbonyl (C=O) groups is 1. The van der Waals surface area contributed by atoms with Crippen LogP contribution < -0.4 is 15.4 Å². The number of thiazole rings is 1. The van der Waals surface area contributed by atoms with Gasteiger partial charge in [0.1, 0.15) is 10.6 Å². The van der Waals surface area contributed by atoms with Crippen LogP contribution in [0.2, 0.25) is 5.02 Å². The monoisotopic (exact) mass is 525 g/mol. The first-order valence-corrected chi connectivity index (χ1v) is 11.0. The maximum Gasteiger partial charge on any atom is 0.263 e. The summed E-state index contributed by atoms with van der Waals surface area (Å²) in [7, 11) is 0.825. The molecule has 12 heteroatoms. The predicted octanol–water partition coefficient (Wildman–Crippen LogP) is 6.31. The van der Waals surface area contributed by atoms with E-state index in [9.17, 15) is 22.4 Å². The Morgan fingerprint density at radius 1 is 1.06 bits per heavy atom. The predicted molar refractivity (Wildman–Crippen MR) is 127 cm³/mol. The van der Waals surface area contributed by atoms with Crippen LogP contribution in [0.3, 0.4) is 0 Å². The number of fused-ring (bicyclic) bond motifs is 1. The molecular formula is C22H12ClF4N3O2S2. The van der Waals surface area contributed by atoms with Crippen molar-refractivity contribution in [3.8, 4) is 16.3 Å². The number of thiocarbonyl (C=S) groups is 1. The molecule has 174 valence electrons. The lowest BCUT2D eigenvalue weighted by Crippen LogP contribution is -2.35. The van der Waals surface area contributed by atoms with E-state index in [0.29, 0.717) is 10.6 Å².